The number of hydrogen-bond donors (Lipinski definition) is 0. The van der Waals surface area contributed by atoms with Gasteiger partial charge in [-0.3, -0.25) is 0 Å². The molecule has 5 nitrogen and oxygen atoms in total. The van der Waals surface area contributed by atoms with E-state index in [1.807, 2.05) is 45.9 Å². The Morgan fingerprint density at radius 3 is 1.56 bits per heavy atom. The second kappa shape index (κ2) is 13.5. The molecule has 36 heavy (non-hydrogen) atoms. The summed E-state index contributed by atoms with van der Waals surface area (Å²) in [6, 6.07) is 9.88. The monoisotopic (exact) mass is 523 g/mol. The van der Waals surface area contributed by atoms with E-state index >= 15 is 0 Å². The zero-order chi connectivity index (χ0) is 26.7. The van der Waals surface area contributed by atoms with Crippen LogP contribution < -0.4 is 38.8 Å². The number of benzene rings is 2. The standard InChI is InChI=1S/C29H43NO4S.Na/c1-17(2)22-14-25(20(7)8)27(26(15-22)21(9)10)16-28(31)30-35(32,33)34-29-23(18(3)4)12-11-13-24(29)19(5)6;/h11-15,17-21H,16H2,1-10H3,(H,30,31);/q;+1/p-1. The van der Waals surface area contributed by atoms with Gasteiger partial charge in [0.2, 0.25) is 0 Å². The summed E-state index contributed by atoms with van der Waals surface area (Å²) in [5.41, 5.74) is 5.76. The summed E-state index contributed by atoms with van der Waals surface area (Å²) < 4.78 is 34.9. The molecule has 0 saturated heterocycles. The van der Waals surface area contributed by atoms with Gasteiger partial charge in [-0.15, -0.1) is 4.40 Å². The fourth-order valence-corrected chi connectivity index (χ4v) is 5.07. The molecular weight excluding hydrogens is 481 g/mol. The van der Waals surface area contributed by atoms with Crippen LogP contribution in [-0.4, -0.2) is 14.3 Å². The van der Waals surface area contributed by atoms with Gasteiger partial charge in [-0.25, -0.2) is 0 Å². The molecule has 0 saturated carbocycles. The zero-order valence-electron chi connectivity index (χ0n) is 24.0. The minimum absolute atomic E-state index is 0. The molecule has 0 radical (unpaired) electrons. The largest absolute Gasteiger partial charge is 1.00 e. The number of para-hydroxylation sites is 1. The van der Waals surface area contributed by atoms with Gasteiger partial charge in [0.15, 0.2) is 5.75 Å². The van der Waals surface area contributed by atoms with E-state index in [1.54, 1.807) is 0 Å². The van der Waals surface area contributed by atoms with Gasteiger partial charge in [-0.1, -0.05) is 99.6 Å². The van der Waals surface area contributed by atoms with Crippen LogP contribution in [0.2, 0.25) is 0 Å². The zero-order valence-corrected chi connectivity index (χ0v) is 26.8. The topological polar surface area (TPSA) is 78.8 Å². The maximum absolute atomic E-state index is 13.0. The predicted octanol–water partition coefficient (Wildman–Crippen LogP) is 3.93. The summed E-state index contributed by atoms with van der Waals surface area (Å²) in [7, 11) is -4.48. The SMILES string of the molecule is CC(C)c1cc(C(C)C)c(CC([O-])=NS(=O)(=O)Oc2c(C(C)C)cccc2C(C)C)c(C(C)C)c1.[Na+]. The number of rotatable bonds is 10. The Balaban J connectivity index is 0.00000648. The van der Waals surface area contributed by atoms with Crippen molar-refractivity contribution in [3.63, 3.8) is 0 Å². The maximum Gasteiger partial charge on any atom is 1.00 e. The quantitative estimate of drug-likeness (QED) is 0.269. The van der Waals surface area contributed by atoms with Crippen LogP contribution in [0, 0.1) is 0 Å². The average Bonchev–Trinajstić information content (AvgIpc) is 2.72. The fraction of sp³-hybridized carbons (Fsp3) is 0.552. The molecule has 0 aromatic heterocycles. The minimum Gasteiger partial charge on any atom is -0.861 e. The minimum atomic E-state index is -4.48. The van der Waals surface area contributed by atoms with Gasteiger partial charge >= 0.3 is 39.9 Å². The Hall–Kier alpha value is -1.34. The second-order valence-corrected chi connectivity index (χ2v) is 12.1. The van der Waals surface area contributed by atoms with E-state index in [2.05, 4.69) is 58.1 Å². The molecule has 0 aliphatic carbocycles. The molecule has 0 fully saturated rings. The number of nitrogens with zero attached hydrogens (tertiary/aromatic N) is 1. The molecule has 0 N–H and O–H groups in total. The molecule has 7 heteroatoms. The van der Waals surface area contributed by atoms with Crippen molar-refractivity contribution in [2.24, 2.45) is 4.40 Å². The molecule has 0 amide bonds. The summed E-state index contributed by atoms with van der Waals surface area (Å²) in [6.45, 7) is 20.5. The second-order valence-electron chi connectivity index (χ2n) is 10.9. The van der Waals surface area contributed by atoms with Crippen molar-refractivity contribution in [3.8, 4) is 5.75 Å². The third-order valence-electron chi connectivity index (χ3n) is 6.30. The first-order valence-corrected chi connectivity index (χ1v) is 14.0. The summed E-state index contributed by atoms with van der Waals surface area (Å²) >= 11 is 0. The van der Waals surface area contributed by atoms with Crippen molar-refractivity contribution in [2.45, 2.75) is 105 Å². The first-order chi connectivity index (χ1) is 16.1. The maximum atomic E-state index is 13.0. The molecular formula is C29H42NNaO4S. The van der Waals surface area contributed by atoms with Crippen LogP contribution in [-0.2, 0) is 16.7 Å². The first-order valence-electron chi connectivity index (χ1n) is 12.6. The van der Waals surface area contributed by atoms with Crippen LogP contribution in [0.15, 0.2) is 34.7 Å². The summed E-state index contributed by atoms with van der Waals surface area (Å²) in [5, 5.41) is 13.0. The van der Waals surface area contributed by atoms with Crippen LogP contribution >= 0.6 is 0 Å². The molecule has 2 aromatic carbocycles. The van der Waals surface area contributed by atoms with Gasteiger partial charge in [-0.2, -0.15) is 8.42 Å². The van der Waals surface area contributed by atoms with Crippen LogP contribution in [0.1, 0.15) is 132 Å². The molecule has 0 spiro atoms. The summed E-state index contributed by atoms with van der Waals surface area (Å²) in [5.74, 6) is 0.388. The van der Waals surface area contributed by atoms with E-state index < -0.39 is 16.2 Å². The summed E-state index contributed by atoms with van der Waals surface area (Å²) in [4.78, 5) is 0. The van der Waals surface area contributed by atoms with Crippen molar-refractivity contribution >= 4 is 16.2 Å². The van der Waals surface area contributed by atoms with Crippen molar-refractivity contribution < 1.29 is 47.3 Å². The smallest absolute Gasteiger partial charge is 0.861 e. The summed E-state index contributed by atoms with van der Waals surface area (Å²) in [6.07, 6.45) is -0.0785. The molecule has 0 heterocycles. The molecule has 0 bridgehead atoms. The first kappa shape index (κ1) is 32.7. The van der Waals surface area contributed by atoms with Crippen LogP contribution in [0.5, 0.6) is 5.75 Å². The van der Waals surface area contributed by atoms with Crippen molar-refractivity contribution in [1.82, 2.24) is 0 Å². The van der Waals surface area contributed by atoms with Gasteiger partial charge in [0.1, 0.15) is 0 Å². The average molecular weight is 524 g/mol. The Bertz CT molecular complexity index is 1110. The third-order valence-corrected chi connectivity index (χ3v) is 7.11. The van der Waals surface area contributed by atoms with Gasteiger partial charge in [0.25, 0.3) is 0 Å². The van der Waals surface area contributed by atoms with E-state index in [0.717, 1.165) is 27.8 Å². The van der Waals surface area contributed by atoms with Crippen molar-refractivity contribution in [2.75, 3.05) is 0 Å². The van der Waals surface area contributed by atoms with Crippen molar-refractivity contribution in [3.05, 3.63) is 63.7 Å². The Labute approximate surface area is 241 Å². The van der Waals surface area contributed by atoms with E-state index in [9.17, 15) is 13.5 Å². The fourth-order valence-electron chi connectivity index (χ4n) is 4.32. The molecule has 2 rings (SSSR count). The van der Waals surface area contributed by atoms with E-state index in [1.165, 1.54) is 5.56 Å². The van der Waals surface area contributed by atoms with E-state index in [0.29, 0.717) is 5.92 Å². The van der Waals surface area contributed by atoms with E-state index in [-0.39, 0.29) is 65.4 Å². The van der Waals surface area contributed by atoms with Gasteiger partial charge in [-0.05, 0) is 68.9 Å². The van der Waals surface area contributed by atoms with Crippen LogP contribution in [0.4, 0.5) is 0 Å². The van der Waals surface area contributed by atoms with Gasteiger partial charge in [0.05, 0.1) is 0 Å². The molecule has 0 atom stereocenters. The Kier molecular flexibility index (Phi) is 12.2. The number of hydrogen-bond acceptors (Lipinski definition) is 4. The molecule has 194 valence electrons. The normalized spacial score (nSPS) is 12.7. The van der Waals surface area contributed by atoms with Crippen LogP contribution in [0.25, 0.3) is 0 Å². The molecule has 2 aromatic rings. The Morgan fingerprint density at radius 2 is 1.19 bits per heavy atom. The van der Waals surface area contributed by atoms with Crippen LogP contribution in [0.3, 0.4) is 0 Å². The third kappa shape index (κ3) is 8.34. The van der Waals surface area contributed by atoms with E-state index in [4.69, 9.17) is 4.18 Å². The Morgan fingerprint density at radius 1 is 0.778 bits per heavy atom. The molecule has 0 aliphatic heterocycles. The van der Waals surface area contributed by atoms with Gasteiger partial charge < -0.3 is 9.29 Å². The van der Waals surface area contributed by atoms with Gasteiger partial charge in [0, 0.05) is 6.42 Å². The van der Waals surface area contributed by atoms with Crippen molar-refractivity contribution in [1.29, 1.82) is 0 Å². The molecule has 0 unspecified atom stereocenters. The predicted molar refractivity (Wildman–Crippen MR) is 144 cm³/mol. The molecule has 0 aliphatic rings.